The van der Waals surface area contributed by atoms with E-state index in [0.717, 1.165) is 0 Å². The van der Waals surface area contributed by atoms with Gasteiger partial charge in [0.2, 0.25) is 0 Å². The first kappa shape index (κ1) is 31.3. The summed E-state index contributed by atoms with van der Waals surface area (Å²) in [5, 5.41) is 1.45. The zero-order chi connectivity index (χ0) is 30.3. The van der Waals surface area contributed by atoms with Gasteiger partial charge < -0.3 is 24.7 Å². The largest absolute Gasteiger partial charge is 0.495 e. The van der Waals surface area contributed by atoms with Crippen LogP contribution in [0.4, 0.5) is 11.4 Å². The molecular formula is C27H25Cl2N3O8S. The molecule has 216 valence electrons. The van der Waals surface area contributed by atoms with Gasteiger partial charge in [0.25, 0.3) is 10.0 Å². The number of aromatic nitrogens is 1. The molecule has 0 aliphatic carbocycles. The van der Waals surface area contributed by atoms with Crippen LogP contribution in [0.25, 0.3) is 10.8 Å². The van der Waals surface area contributed by atoms with E-state index in [4.69, 9.17) is 38.4 Å². The van der Waals surface area contributed by atoms with Crippen LogP contribution < -0.4 is 19.9 Å². The molecule has 0 aliphatic heterocycles. The molecule has 0 aliphatic rings. The standard InChI is InChI=1S/C18H14Cl2N2O5S.C9H11NO3/c1-26-16-6-3-10(18(23)27-2)7-15(16)22-28(24,25)11-4-5-12-13(8-11)17(20)21-9-14(12)19;1-12-8-4-3-6(5-7(8)10)9(11)13-2/h3-9,22H,1-2H3;3-5H,10H2,1-2H3. The molecule has 0 radical (unpaired) electrons. The first-order chi connectivity index (χ1) is 19.4. The molecule has 0 spiro atoms. The lowest BCUT2D eigenvalue weighted by atomic mass is 10.2. The van der Waals surface area contributed by atoms with Crippen molar-refractivity contribution in [2.75, 3.05) is 38.9 Å². The summed E-state index contributed by atoms with van der Waals surface area (Å²) >= 11 is 12.2. The molecule has 4 aromatic rings. The van der Waals surface area contributed by atoms with Crippen molar-refractivity contribution >= 4 is 67.3 Å². The fourth-order valence-corrected chi connectivity index (χ4v) is 5.04. The summed E-state index contributed by atoms with van der Waals surface area (Å²) in [5.41, 5.74) is 6.68. The van der Waals surface area contributed by atoms with Crippen molar-refractivity contribution in [3.05, 3.63) is 82.1 Å². The van der Waals surface area contributed by atoms with Gasteiger partial charge in [0.15, 0.2) is 0 Å². The first-order valence-corrected chi connectivity index (χ1v) is 13.7. The van der Waals surface area contributed by atoms with Crippen molar-refractivity contribution in [2.45, 2.75) is 4.90 Å². The van der Waals surface area contributed by atoms with Crippen molar-refractivity contribution in [3.8, 4) is 11.5 Å². The fraction of sp³-hybridized carbons (Fsp3) is 0.148. The smallest absolute Gasteiger partial charge is 0.337 e. The van der Waals surface area contributed by atoms with Crippen LogP contribution in [0.2, 0.25) is 10.2 Å². The summed E-state index contributed by atoms with van der Waals surface area (Å²) in [6.07, 6.45) is 1.39. The van der Waals surface area contributed by atoms with Crippen molar-refractivity contribution in [1.82, 2.24) is 4.98 Å². The Balaban J connectivity index is 0.000000298. The number of halogens is 2. The van der Waals surface area contributed by atoms with Gasteiger partial charge >= 0.3 is 11.9 Å². The van der Waals surface area contributed by atoms with E-state index >= 15 is 0 Å². The molecule has 11 nitrogen and oxygen atoms in total. The number of rotatable bonds is 7. The Labute approximate surface area is 246 Å². The third-order valence-electron chi connectivity index (χ3n) is 5.59. The number of nitrogens with two attached hydrogens (primary N) is 1. The lowest BCUT2D eigenvalue weighted by Gasteiger charge is -2.13. The predicted octanol–water partition coefficient (Wildman–Crippen LogP) is 5.20. The predicted molar refractivity (Wildman–Crippen MR) is 156 cm³/mol. The molecule has 0 saturated heterocycles. The van der Waals surface area contributed by atoms with Crippen LogP contribution in [0.3, 0.4) is 0 Å². The number of methoxy groups -OCH3 is 4. The van der Waals surface area contributed by atoms with Crippen molar-refractivity contribution < 1.29 is 37.0 Å². The minimum Gasteiger partial charge on any atom is -0.495 e. The highest BCUT2D eigenvalue weighted by Gasteiger charge is 2.20. The molecule has 41 heavy (non-hydrogen) atoms. The van der Waals surface area contributed by atoms with E-state index in [1.54, 1.807) is 18.2 Å². The second-order valence-electron chi connectivity index (χ2n) is 8.06. The molecule has 14 heteroatoms. The number of sulfonamides is 1. The number of carbonyl (C=O) groups excluding carboxylic acids is 2. The highest BCUT2D eigenvalue weighted by molar-refractivity contribution is 7.92. The van der Waals surface area contributed by atoms with E-state index in [9.17, 15) is 18.0 Å². The third kappa shape index (κ3) is 7.28. The van der Waals surface area contributed by atoms with Crippen LogP contribution >= 0.6 is 23.2 Å². The number of anilines is 2. The Morgan fingerprint density at radius 1 is 0.805 bits per heavy atom. The van der Waals surface area contributed by atoms with E-state index in [2.05, 4.69) is 19.2 Å². The number of nitrogens with zero attached hydrogens (tertiary/aromatic N) is 1. The number of esters is 2. The Hall–Kier alpha value is -4.26. The number of hydrogen-bond acceptors (Lipinski definition) is 10. The number of benzene rings is 3. The van der Waals surface area contributed by atoms with Crippen LogP contribution in [0.1, 0.15) is 20.7 Å². The van der Waals surface area contributed by atoms with Gasteiger partial charge in [-0.1, -0.05) is 29.3 Å². The van der Waals surface area contributed by atoms with Gasteiger partial charge in [0, 0.05) is 17.0 Å². The number of carbonyl (C=O) groups is 2. The van der Waals surface area contributed by atoms with Gasteiger partial charge in [-0.3, -0.25) is 4.72 Å². The number of hydrogen-bond donors (Lipinski definition) is 2. The summed E-state index contributed by atoms with van der Waals surface area (Å²) < 4.78 is 47.5. The topological polar surface area (TPSA) is 156 Å². The molecule has 0 unspecified atom stereocenters. The quantitative estimate of drug-likeness (QED) is 0.160. The van der Waals surface area contributed by atoms with E-state index in [1.807, 2.05) is 0 Å². The molecule has 3 N–H and O–H groups in total. The van der Waals surface area contributed by atoms with E-state index in [0.29, 0.717) is 32.8 Å². The maximum atomic E-state index is 12.9. The van der Waals surface area contributed by atoms with Crippen LogP contribution in [0.5, 0.6) is 11.5 Å². The zero-order valence-corrected chi connectivity index (χ0v) is 24.6. The Bertz CT molecular complexity index is 1710. The van der Waals surface area contributed by atoms with E-state index in [-0.39, 0.29) is 27.0 Å². The van der Waals surface area contributed by atoms with Gasteiger partial charge in [-0.25, -0.2) is 23.0 Å². The van der Waals surface area contributed by atoms with E-state index in [1.165, 1.54) is 71.0 Å². The minimum atomic E-state index is -4.03. The van der Waals surface area contributed by atoms with Gasteiger partial charge in [-0.2, -0.15) is 0 Å². The van der Waals surface area contributed by atoms with E-state index < -0.39 is 22.0 Å². The van der Waals surface area contributed by atoms with Crippen molar-refractivity contribution in [2.24, 2.45) is 0 Å². The van der Waals surface area contributed by atoms with Gasteiger partial charge in [-0.15, -0.1) is 0 Å². The molecule has 0 atom stereocenters. The Morgan fingerprint density at radius 2 is 1.39 bits per heavy atom. The summed E-state index contributed by atoms with van der Waals surface area (Å²) in [6.45, 7) is 0. The third-order valence-corrected chi connectivity index (χ3v) is 7.55. The molecule has 0 fully saturated rings. The average Bonchev–Trinajstić information content (AvgIpc) is 2.98. The molecule has 3 aromatic carbocycles. The molecule has 0 amide bonds. The SMILES string of the molecule is COC(=O)c1ccc(OC)c(N)c1.COC(=O)c1ccc(OC)c(NS(=O)(=O)c2ccc3c(Cl)cnc(Cl)c3c2)c1. The van der Waals surface area contributed by atoms with Crippen molar-refractivity contribution in [3.63, 3.8) is 0 Å². The lowest BCUT2D eigenvalue weighted by molar-refractivity contribution is 0.0592. The fourth-order valence-electron chi connectivity index (χ4n) is 3.54. The van der Waals surface area contributed by atoms with Crippen LogP contribution in [0, 0.1) is 0 Å². The van der Waals surface area contributed by atoms with Gasteiger partial charge in [0.05, 0.1) is 60.9 Å². The Morgan fingerprint density at radius 3 is 1.95 bits per heavy atom. The molecular weight excluding hydrogens is 597 g/mol. The van der Waals surface area contributed by atoms with Crippen LogP contribution in [-0.2, 0) is 19.5 Å². The maximum absolute atomic E-state index is 12.9. The highest BCUT2D eigenvalue weighted by Crippen LogP contribution is 2.32. The highest BCUT2D eigenvalue weighted by atomic mass is 35.5. The summed E-state index contributed by atoms with van der Waals surface area (Å²) in [6, 6.07) is 13.3. The van der Waals surface area contributed by atoms with Gasteiger partial charge in [0.1, 0.15) is 16.7 Å². The number of pyridine rings is 1. The second kappa shape index (κ2) is 13.4. The first-order valence-electron chi connectivity index (χ1n) is 11.5. The maximum Gasteiger partial charge on any atom is 0.337 e. The molecule has 1 heterocycles. The molecule has 0 bridgehead atoms. The normalized spacial score (nSPS) is 10.7. The van der Waals surface area contributed by atoms with Crippen molar-refractivity contribution in [1.29, 1.82) is 0 Å². The number of fused-ring (bicyclic) bond motifs is 1. The second-order valence-corrected chi connectivity index (χ2v) is 10.5. The average molecular weight is 622 g/mol. The van der Waals surface area contributed by atoms with Crippen LogP contribution in [-0.4, -0.2) is 53.8 Å². The molecule has 1 aromatic heterocycles. The number of nitrogens with one attached hydrogen (secondary N) is 1. The number of nitrogen functional groups attached to an aromatic ring is 1. The van der Waals surface area contributed by atoms with Crippen LogP contribution in [0.15, 0.2) is 65.7 Å². The molecule has 0 saturated carbocycles. The summed E-state index contributed by atoms with van der Waals surface area (Å²) in [7, 11) is 1.43. The Kier molecular flexibility index (Phi) is 10.2. The summed E-state index contributed by atoms with van der Waals surface area (Å²) in [4.78, 5) is 26.7. The number of ether oxygens (including phenoxy) is 4. The minimum absolute atomic E-state index is 0.0588. The zero-order valence-electron chi connectivity index (χ0n) is 22.2. The monoisotopic (exact) mass is 621 g/mol. The molecule has 4 rings (SSSR count). The summed E-state index contributed by atoms with van der Waals surface area (Å²) in [5.74, 6) is -0.233. The van der Waals surface area contributed by atoms with Gasteiger partial charge in [-0.05, 0) is 48.5 Å². The lowest BCUT2D eigenvalue weighted by Crippen LogP contribution is -2.14.